The lowest BCUT2D eigenvalue weighted by molar-refractivity contribution is -0.170. The van der Waals surface area contributed by atoms with Crippen LogP contribution in [0.15, 0.2) is 90.6 Å². The highest BCUT2D eigenvalue weighted by Crippen LogP contribution is 2.35. The number of ether oxygens (including phenoxy) is 2. The van der Waals surface area contributed by atoms with E-state index in [4.69, 9.17) is 21.1 Å². The van der Waals surface area contributed by atoms with Gasteiger partial charge in [0.05, 0.1) is 23.0 Å². The van der Waals surface area contributed by atoms with E-state index in [1.807, 2.05) is 12.1 Å². The number of unbranched alkanes of at least 4 members (excludes halogenated alkanes) is 1. The topological polar surface area (TPSA) is 101 Å². The number of alkyl halides is 3. The second-order valence-electron chi connectivity index (χ2n) is 11.4. The highest BCUT2D eigenvalue weighted by atomic mass is 35.5. The number of amides is 2. The van der Waals surface area contributed by atoms with Crippen molar-refractivity contribution in [1.29, 1.82) is 0 Å². The van der Waals surface area contributed by atoms with Crippen molar-refractivity contribution in [3.05, 3.63) is 112 Å². The number of nitrogens with one attached hydrogen (secondary N) is 1. The summed E-state index contributed by atoms with van der Waals surface area (Å²) in [7, 11) is 0. The van der Waals surface area contributed by atoms with Gasteiger partial charge in [-0.25, -0.2) is 0 Å². The van der Waals surface area contributed by atoms with Crippen LogP contribution in [-0.4, -0.2) is 54.4 Å². The quantitative estimate of drug-likeness (QED) is 0.146. The molecule has 1 aliphatic rings. The van der Waals surface area contributed by atoms with Crippen LogP contribution in [0.5, 0.6) is 5.75 Å². The fourth-order valence-electron chi connectivity index (χ4n) is 5.24. The first kappa shape index (κ1) is 35.6. The summed E-state index contributed by atoms with van der Waals surface area (Å²) in [4.78, 5) is 30.7. The van der Waals surface area contributed by atoms with Crippen molar-refractivity contribution in [2.24, 2.45) is 0 Å². The SMILES string of the molecule is CCCCOCCOc1ccc(-c2ccc3c(c2)C=C(C(=O)Nc2ccc(C(O)c4ccc(Cl)cn4)cc2)CCN3C(=O)C(F)(F)F)cc1. The van der Waals surface area contributed by atoms with Crippen LogP contribution in [0.3, 0.4) is 0 Å². The number of fused-ring (bicyclic) bond motifs is 1. The molecule has 49 heavy (non-hydrogen) atoms. The molecule has 0 bridgehead atoms. The van der Waals surface area contributed by atoms with Crippen LogP contribution in [0.1, 0.15) is 49.1 Å². The van der Waals surface area contributed by atoms with Gasteiger partial charge in [0.15, 0.2) is 0 Å². The monoisotopic (exact) mass is 693 g/mol. The van der Waals surface area contributed by atoms with Gasteiger partial charge < -0.3 is 24.8 Å². The lowest BCUT2D eigenvalue weighted by Gasteiger charge is -2.24. The molecule has 1 aliphatic heterocycles. The van der Waals surface area contributed by atoms with Gasteiger partial charge in [-0.3, -0.25) is 14.6 Å². The number of aromatic nitrogens is 1. The smallest absolute Gasteiger partial charge is 0.471 e. The molecule has 1 unspecified atom stereocenters. The molecule has 256 valence electrons. The standard InChI is InChI=1S/C37H35ClF3N3O5/c1-2-3-18-48-19-20-49-31-12-6-24(7-13-31)26-8-15-33-28(21-26)22-27(16-17-44(33)36(47)37(39,40)41)35(46)43-30-10-4-25(5-11-30)34(45)32-14-9-29(38)23-42-32/h4-15,21-23,34,45H,2-3,16-20H2,1H3,(H,43,46). The van der Waals surface area contributed by atoms with E-state index in [0.717, 1.165) is 18.4 Å². The average Bonchev–Trinajstić information content (AvgIpc) is 3.29. The number of hydrogen-bond acceptors (Lipinski definition) is 6. The van der Waals surface area contributed by atoms with Crippen LogP contribution < -0.4 is 15.0 Å². The van der Waals surface area contributed by atoms with Gasteiger partial charge in [0.2, 0.25) is 0 Å². The number of pyridine rings is 1. The van der Waals surface area contributed by atoms with Gasteiger partial charge in [0.25, 0.3) is 5.91 Å². The Balaban J connectivity index is 1.34. The van der Waals surface area contributed by atoms with Gasteiger partial charge >= 0.3 is 12.1 Å². The zero-order chi connectivity index (χ0) is 35.0. The molecule has 0 aliphatic carbocycles. The molecule has 8 nitrogen and oxygen atoms in total. The maximum Gasteiger partial charge on any atom is 0.471 e. The Morgan fingerprint density at radius 1 is 0.980 bits per heavy atom. The number of carbonyl (C=O) groups is 2. The fraction of sp³-hybridized carbons (Fsp3) is 0.270. The summed E-state index contributed by atoms with van der Waals surface area (Å²) in [5.41, 5.74) is 3.30. The second-order valence-corrected chi connectivity index (χ2v) is 11.8. The highest BCUT2D eigenvalue weighted by molar-refractivity contribution is 6.30. The van der Waals surface area contributed by atoms with E-state index in [-0.39, 0.29) is 29.8 Å². The molecule has 0 saturated heterocycles. The Labute approximate surface area is 287 Å². The minimum atomic E-state index is -5.10. The highest BCUT2D eigenvalue weighted by Gasteiger charge is 2.44. The zero-order valence-electron chi connectivity index (χ0n) is 26.7. The predicted octanol–water partition coefficient (Wildman–Crippen LogP) is 8.00. The number of aliphatic hydroxyl groups is 1. The molecular weight excluding hydrogens is 659 g/mol. The van der Waals surface area contributed by atoms with Crippen LogP contribution in [-0.2, 0) is 14.3 Å². The van der Waals surface area contributed by atoms with Gasteiger partial charge in [-0.1, -0.05) is 55.3 Å². The molecule has 5 rings (SSSR count). The van der Waals surface area contributed by atoms with E-state index >= 15 is 0 Å². The van der Waals surface area contributed by atoms with Gasteiger partial charge in [-0.05, 0) is 89.7 Å². The molecule has 0 radical (unpaired) electrons. The van der Waals surface area contributed by atoms with Crippen LogP contribution in [0.25, 0.3) is 17.2 Å². The number of rotatable bonds is 12. The number of hydrogen-bond donors (Lipinski definition) is 2. The van der Waals surface area contributed by atoms with E-state index < -0.39 is 24.1 Å². The van der Waals surface area contributed by atoms with Gasteiger partial charge in [-0.15, -0.1) is 0 Å². The Hall–Kier alpha value is -4.71. The third-order valence-corrected chi connectivity index (χ3v) is 8.10. The molecule has 0 spiro atoms. The molecule has 2 N–H and O–H groups in total. The molecule has 4 aromatic rings. The molecule has 0 fully saturated rings. The summed E-state index contributed by atoms with van der Waals surface area (Å²) in [5.74, 6) is -1.91. The predicted molar refractivity (Wildman–Crippen MR) is 182 cm³/mol. The Morgan fingerprint density at radius 3 is 2.39 bits per heavy atom. The molecule has 2 amide bonds. The normalized spacial score (nSPS) is 13.6. The van der Waals surface area contributed by atoms with E-state index in [2.05, 4.69) is 17.2 Å². The van der Waals surface area contributed by atoms with Crippen LogP contribution in [0.4, 0.5) is 24.5 Å². The van der Waals surface area contributed by atoms with Crippen LogP contribution in [0, 0.1) is 0 Å². The summed E-state index contributed by atoms with van der Waals surface area (Å²) in [6.45, 7) is 3.29. The Kier molecular flexibility index (Phi) is 11.7. The largest absolute Gasteiger partial charge is 0.491 e. The molecule has 2 heterocycles. The summed E-state index contributed by atoms with van der Waals surface area (Å²) >= 11 is 5.88. The number of aliphatic hydroxyl groups excluding tert-OH is 1. The third-order valence-electron chi connectivity index (χ3n) is 7.87. The van der Waals surface area contributed by atoms with Crippen molar-refractivity contribution in [3.8, 4) is 16.9 Å². The van der Waals surface area contributed by atoms with Crippen LogP contribution >= 0.6 is 11.6 Å². The molecule has 1 atom stereocenters. The van der Waals surface area contributed by atoms with Gasteiger partial charge in [0, 0.05) is 30.6 Å². The van der Waals surface area contributed by atoms with E-state index in [0.29, 0.717) is 58.0 Å². The second kappa shape index (κ2) is 16.1. The lowest BCUT2D eigenvalue weighted by atomic mass is 10.00. The summed E-state index contributed by atoms with van der Waals surface area (Å²) in [6.07, 6.45) is -1.26. The molecule has 3 aromatic carbocycles. The van der Waals surface area contributed by atoms with Crippen molar-refractivity contribution in [3.63, 3.8) is 0 Å². The first-order valence-electron chi connectivity index (χ1n) is 15.8. The Morgan fingerprint density at radius 2 is 1.71 bits per heavy atom. The maximum absolute atomic E-state index is 13.6. The number of nitrogens with zero attached hydrogens (tertiary/aromatic N) is 2. The van der Waals surface area contributed by atoms with Crippen molar-refractivity contribution in [2.75, 3.05) is 36.6 Å². The molecular formula is C37H35ClF3N3O5. The molecule has 1 aromatic heterocycles. The number of benzene rings is 3. The van der Waals surface area contributed by atoms with E-state index in [1.54, 1.807) is 60.7 Å². The Bertz CT molecular complexity index is 1780. The summed E-state index contributed by atoms with van der Waals surface area (Å²) < 4.78 is 52.2. The maximum atomic E-state index is 13.6. The third kappa shape index (κ3) is 9.26. The van der Waals surface area contributed by atoms with Crippen molar-refractivity contribution in [1.82, 2.24) is 4.98 Å². The number of halogens is 4. The average molecular weight is 694 g/mol. The lowest BCUT2D eigenvalue weighted by Crippen LogP contribution is -2.42. The minimum absolute atomic E-state index is 0.0473. The summed E-state index contributed by atoms with van der Waals surface area (Å²) in [5, 5.41) is 13.9. The van der Waals surface area contributed by atoms with Crippen molar-refractivity contribution in [2.45, 2.75) is 38.5 Å². The van der Waals surface area contributed by atoms with Crippen molar-refractivity contribution >= 4 is 40.9 Å². The number of anilines is 2. The zero-order valence-corrected chi connectivity index (χ0v) is 27.4. The summed E-state index contributed by atoms with van der Waals surface area (Å²) in [6, 6.07) is 21.7. The van der Waals surface area contributed by atoms with Gasteiger partial charge in [0.1, 0.15) is 18.5 Å². The number of carbonyl (C=O) groups excluding carboxylic acids is 2. The first-order chi connectivity index (χ1) is 23.5. The molecule has 12 heteroatoms. The van der Waals surface area contributed by atoms with Crippen molar-refractivity contribution < 1.29 is 37.3 Å². The fourth-order valence-corrected chi connectivity index (χ4v) is 5.35. The van der Waals surface area contributed by atoms with Gasteiger partial charge in [-0.2, -0.15) is 13.2 Å². The minimum Gasteiger partial charge on any atom is -0.491 e. The van der Waals surface area contributed by atoms with E-state index in [1.165, 1.54) is 18.3 Å². The molecule has 0 saturated carbocycles. The van der Waals surface area contributed by atoms with E-state index in [9.17, 15) is 27.9 Å². The first-order valence-corrected chi connectivity index (χ1v) is 16.2. The van der Waals surface area contributed by atoms with Crippen LogP contribution in [0.2, 0.25) is 5.02 Å².